The number of benzene rings is 2. The van der Waals surface area contributed by atoms with E-state index in [1.54, 1.807) is 12.1 Å². The van der Waals surface area contributed by atoms with Gasteiger partial charge in [-0.25, -0.2) is 4.39 Å². The zero-order valence-corrected chi connectivity index (χ0v) is 18.4. The number of carbonyl (C=O) groups excluding carboxylic acids is 1. The van der Waals surface area contributed by atoms with Gasteiger partial charge in [-0.05, 0) is 62.3 Å². The van der Waals surface area contributed by atoms with Crippen LogP contribution in [0.5, 0.6) is 5.75 Å². The van der Waals surface area contributed by atoms with Gasteiger partial charge in [0.15, 0.2) is 11.6 Å². The van der Waals surface area contributed by atoms with Crippen molar-refractivity contribution in [2.75, 3.05) is 26.2 Å². The highest BCUT2D eigenvalue weighted by Crippen LogP contribution is 2.25. The molecule has 0 aliphatic carbocycles. The molecule has 2 heterocycles. The maximum Gasteiger partial charge on any atom is 0.222 e. The lowest BCUT2D eigenvalue weighted by molar-refractivity contribution is -0.132. The van der Waals surface area contributed by atoms with Crippen molar-refractivity contribution in [2.45, 2.75) is 57.6 Å². The normalized spacial score (nSPS) is 18.8. The van der Waals surface area contributed by atoms with Crippen LogP contribution in [0.3, 0.4) is 0 Å². The van der Waals surface area contributed by atoms with Crippen LogP contribution in [0.1, 0.15) is 43.2 Å². The van der Waals surface area contributed by atoms with Crippen LogP contribution in [0.4, 0.5) is 4.39 Å². The Morgan fingerprint density at radius 1 is 0.968 bits per heavy atom. The maximum absolute atomic E-state index is 13.8. The number of halogens is 1. The Kier molecular flexibility index (Phi) is 7.23. The van der Waals surface area contributed by atoms with E-state index < -0.39 is 0 Å². The molecule has 166 valence electrons. The molecule has 2 saturated heterocycles. The highest BCUT2D eigenvalue weighted by Gasteiger charge is 2.30. The fourth-order valence-electron chi connectivity index (χ4n) is 4.85. The summed E-state index contributed by atoms with van der Waals surface area (Å²) < 4.78 is 19.7. The Morgan fingerprint density at radius 3 is 2.35 bits per heavy atom. The highest BCUT2D eigenvalue weighted by atomic mass is 19.1. The standard InChI is InChI=1S/C26H33FN2O2/c1-20-6-2-3-7-21(20)10-11-26(30)29-16-12-22(13-17-29)28-18-14-23(15-19-28)31-25-9-5-4-8-24(25)27/h2-9,22-23H,10-19H2,1H3. The lowest BCUT2D eigenvalue weighted by Crippen LogP contribution is -2.50. The average Bonchev–Trinajstić information content (AvgIpc) is 2.80. The molecule has 4 rings (SSSR count). The van der Waals surface area contributed by atoms with Crippen molar-refractivity contribution in [2.24, 2.45) is 0 Å². The van der Waals surface area contributed by atoms with Crippen LogP contribution in [0, 0.1) is 12.7 Å². The van der Waals surface area contributed by atoms with Gasteiger partial charge in [-0.3, -0.25) is 9.69 Å². The molecule has 2 fully saturated rings. The van der Waals surface area contributed by atoms with Gasteiger partial charge in [0.2, 0.25) is 5.91 Å². The number of aryl methyl sites for hydroxylation is 2. The van der Waals surface area contributed by atoms with Crippen molar-refractivity contribution in [3.8, 4) is 5.75 Å². The largest absolute Gasteiger partial charge is 0.487 e. The topological polar surface area (TPSA) is 32.8 Å². The molecule has 0 spiro atoms. The van der Waals surface area contributed by atoms with Gasteiger partial charge < -0.3 is 9.64 Å². The number of piperidine rings is 2. The first-order valence-electron chi connectivity index (χ1n) is 11.6. The molecule has 0 atom stereocenters. The highest BCUT2D eigenvalue weighted by molar-refractivity contribution is 5.76. The zero-order valence-electron chi connectivity index (χ0n) is 18.4. The van der Waals surface area contributed by atoms with Gasteiger partial charge >= 0.3 is 0 Å². The molecule has 1 amide bonds. The number of carbonyl (C=O) groups is 1. The summed E-state index contributed by atoms with van der Waals surface area (Å²) in [5.74, 6) is 0.349. The van der Waals surface area contributed by atoms with Crippen LogP contribution in [-0.2, 0) is 11.2 Å². The molecule has 0 radical (unpaired) electrons. The summed E-state index contributed by atoms with van der Waals surface area (Å²) in [6, 6.07) is 15.5. The van der Waals surface area contributed by atoms with Gasteiger partial charge in [-0.15, -0.1) is 0 Å². The lowest BCUT2D eigenvalue weighted by atomic mass is 9.98. The third-order valence-electron chi connectivity index (χ3n) is 6.81. The summed E-state index contributed by atoms with van der Waals surface area (Å²) in [5, 5.41) is 0. The van der Waals surface area contributed by atoms with E-state index in [-0.39, 0.29) is 17.8 Å². The third-order valence-corrected chi connectivity index (χ3v) is 6.81. The van der Waals surface area contributed by atoms with Crippen molar-refractivity contribution in [1.82, 2.24) is 9.80 Å². The van der Waals surface area contributed by atoms with Crippen molar-refractivity contribution in [3.63, 3.8) is 0 Å². The minimum Gasteiger partial charge on any atom is -0.487 e. The van der Waals surface area contributed by atoms with Gasteiger partial charge in [0, 0.05) is 38.6 Å². The third kappa shape index (κ3) is 5.65. The first-order chi connectivity index (χ1) is 15.1. The quantitative estimate of drug-likeness (QED) is 0.679. The predicted molar refractivity (Wildman–Crippen MR) is 121 cm³/mol. The summed E-state index contributed by atoms with van der Waals surface area (Å²) in [5.41, 5.74) is 2.53. The van der Waals surface area contributed by atoms with Gasteiger partial charge in [-0.1, -0.05) is 36.4 Å². The Labute approximate surface area is 185 Å². The smallest absolute Gasteiger partial charge is 0.222 e. The molecule has 4 nitrogen and oxygen atoms in total. The minimum absolute atomic E-state index is 0.0799. The second-order valence-corrected chi connectivity index (χ2v) is 8.82. The first kappa shape index (κ1) is 21.8. The SMILES string of the molecule is Cc1ccccc1CCC(=O)N1CCC(N2CCC(Oc3ccccc3F)CC2)CC1. The van der Waals surface area contributed by atoms with Gasteiger partial charge in [0.25, 0.3) is 0 Å². The molecule has 31 heavy (non-hydrogen) atoms. The summed E-state index contributed by atoms with van der Waals surface area (Å²) in [4.78, 5) is 17.3. The number of nitrogens with zero attached hydrogens (tertiary/aromatic N) is 2. The number of para-hydroxylation sites is 1. The van der Waals surface area contributed by atoms with Crippen molar-refractivity contribution in [1.29, 1.82) is 0 Å². The molecule has 0 N–H and O–H groups in total. The van der Waals surface area contributed by atoms with E-state index in [9.17, 15) is 9.18 Å². The second kappa shape index (κ2) is 10.3. The van der Waals surface area contributed by atoms with Gasteiger partial charge in [-0.2, -0.15) is 0 Å². The fourth-order valence-corrected chi connectivity index (χ4v) is 4.85. The second-order valence-electron chi connectivity index (χ2n) is 8.82. The molecule has 2 aromatic carbocycles. The number of likely N-dealkylation sites (tertiary alicyclic amines) is 2. The Morgan fingerprint density at radius 2 is 1.65 bits per heavy atom. The fraction of sp³-hybridized carbons (Fsp3) is 0.500. The molecular formula is C26H33FN2O2. The summed E-state index contributed by atoms with van der Waals surface area (Å²) in [6.07, 6.45) is 5.41. The van der Waals surface area contributed by atoms with Crippen LogP contribution >= 0.6 is 0 Å². The minimum atomic E-state index is -0.288. The predicted octanol–water partition coefficient (Wildman–Crippen LogP) is 4.60. The molecule has 2 aliphatic heterocycles. The maximum atomic E-state index is 13.8. The molecule has 2 aliphatic rings. The van der Waals surface area contributed by atoms with Gasteiger partial charge in [0.1, 0.15) is 6.10 Å². The van der Waals surface area contributed by atoms with Crippen molar-refractivity contribution >= 4 is 5.91 Å². The van der Waals surface area contributed by atoms with E-state index in [0.29, 0.717) is 18.2 Å². The van der Waals surface area contributed by atoms with Gasteiger partial charge in [0.05, 0.1) is 0 Å². The summed E-state index contributed by atoms with van der Waals surface area (Å²) in [7, 11) is 0. The van der Waals surface area contributed by atoms with Crippen molar-refractivity contribution in [3.05, 3.63) is 65.5 Å². The van der Waals surface area contributed by atoms with E-state index in [2.05, 4.69) is 24.0 Å². The average molecular weight is 425 g/mol. The lowest BCUT2D eigenvalue weighted by Gasteiger charge is -2.41. The van der Waals surface area contributed by atoms with Crippen LogP contribution < -0.4 is 4.74 Å². The number of amides is 1. The monoisotopic (exact) mass is 424 g/mol. The van der Waals surface area contributed by atoms with Crippen molar-refractivity contribution < 1.29 is 13.9 Å². The molecule has 0 unspecified atom stereocenters. The number of ether oxygens (including phenoxy) is 1. The van der Waals surface area contributed by atoms with E-state index in [1.165, 1.54) is 17.2 Å². The van der Waals surface area contributed by atoms with Crippen LogP contribution in [0.25, 0.3) is 0 Å². The molecule has 0 saturated carbocycles. The van der Waals surface area contributed by atoms with Crippen LogP contribution in [0.15, 0.2) is 48.5 Å². The Bertz CT molecular complexity index is 871. The molecule has 5 heteroatoms. The number of rotatable bonds is 6. The first-order valence-corrected chi connectivity index (χ1v) is 11.6. The number of hydrogen-bond donors (Lipinski definition) is 0. The van der Waals surface area contributed by atoms with E-state index in [1.807, 2.05) is 23.1 Å². The number of hydrogen-bond acceptors (Lipinski definition) is 3. The molecule has 0 bridgehead atoms. The molecule has 2 aromatic rings. The summed E-state index contributed by atoms with van der Waals surface area (Å²) in [6.45, 7) is 5.76. The van der Waals surface area contributed by atoms with E-state index >= 15 is 0 Å². The Balaban J connectivity index is 1.18. The molecule has 0 aromatic heterocycles. The Hall–Kier alpha value is -2.40. The van der Waals surface area contributed by atoms with E-state index in [4.69, 9.17) is 4.74 Å². The zero-order chi connectivity index (χ0) is 21.6. The van der Waals surface area contributed by atoms with E-state index in [0.717, 1.165) is 58.3 Å². The summed E-state index contributed by atoms with van der Waals surface area (Å²) >= 11 is 0. The molecular weight excluding hydrogens is 391 g/mol. The van der Waals surface area contributed by atoms with Crippen LogP contribution in [0.2, 0.25) is 0 Å². The van der Waals surface area contributed by atoms with Crippen LogP contribution in [-0.4, -0.2) is 54.0 Å².